The van der Waals surface area contributed by atoms with Crippen LogP contribution in [-0.2, 0) is 10.5 Å². The second-order valence-electron chi connectivity index (χ2n) is 5.08. The van der Waals surface area contributed by atoms with Crippen molar-refractivity contribution < 1.29 is 13.6 Å². The normalized spacial score (nSPS) is 10.7. The molecule has 0 aliphatic rings. The summed E-state index contributed by atoms with van der Waals surface area (Å²) in [4.78, 5) is 11.9. The monoisotopic (exact) mass is 343 g/mol. The summed E-state index contributed by atoms with van der Waals surface area (Å²) < 4.78 is 10.5. The Hall–Kier alpha value is -2.54. The van der Waals surface area contributed by atoms with Crippen LogP contribution in [0.3, 0.4) is 0 Å². The smallest absolute Gasteiger partial charge is 0.322 e. The molecule has 6 nitrogen and oxygen atoms in total. The molecule has 1 amide bonds. The maximum absolute atomic E-state index is 11.9. The Morgan fingerprint density at radius 3 is 2.79 bits per heavy atom. The molecule has 2 aromatic heterocycles. The van der Waals surface area contributed by atoms with E-state index in [9.17, 15) is 4.79 Å². The van der Waals surface area contributed by atoms with Gasteiger partial charge in [0, 0.05) is 12.2 Å². The zero-order chi connectivity index (χ0) is 16.6. The fourth-order valence-corrected chi connectivity index (χ4v) is 2.98. The van der Waals surface area contributed by atoms with Crippen molar-refractivity contribution in [2.24, 2.45) is 0 Å². The van der Waals surface area contributed by atoms with E-state index in [1.807, 2.05) is 30.0 Å². The summed E-state index contributed by atoms with van der Waals surface area (Å²) in [5.41, 5.74) is 1.29. The predicted octanol–water partition coefficient (Wildman–Crippen LogP) is 3.98. The maximum atomic E-state index is 11.9. The van der Waals surface area contributed by atoms with Crippen molar-refractivity contribution in [3.8, 4) is 11.7 Å². The van der Waals surface area contributed by atoms with E-state index in [2.05, 4.69) is 27.6 Å². The molecule has 7 heteroatoms. The molecule has 0 fully saturated rings. The summed E-state index contributed by atoms with van der Waals surface area (Å²) in [6.45, 7) is 0. The summed E-state index contributed by atoms with van der Waals surface area (Å²) >= 11 is 1.81. The third kappa shape index (κ3) is 4.73. The predicted molar refractivity (Wildman–Crippen MR) is 92.5 cm³/mol. The maximum Gasteiger partial charge on any atom is 0.322 e. The SMILES string of the molecule is O=C(CCCSCc1ccccc1)Nc1nnc(-c2ccco2)o1. The van der Waals surface area contributed by atoms with E-state index in [-0.39, 0.29) is 17.8 Å². The van der Waals surface area contributed by atoms with Crippen LogP contribution in [-0.4, -0.2) is 21.9 Å². The average Bonchev–Trinajstić information content (AvgIpc) is 3.27. The molecule has 0 aliphatic carbocycles. The number of nitrogens with zero attached hydrogens (tertiary/aromatic N) is 2. The molecule has 24 heavy (non-hydrogen) atoms. The molecule has 0 saturated heterocycles. The zero-order valence-corrected chi connectivity index (χ0v) is 13.8. The van der Waals surface area contributed by atoms with Gasteiger partial charge in [-0.2, -0.15) is 11.8 Å². The molecule has 1 N–H and O–H groups in total. The number of carbonyl (C=O) groups is 1. The van der Waals surface area contributed by atoms with Gasteiger partial charge in [-0.15, -0.1) is 5.10 Å². The first-order chi connectivity index (χ1) is 11.8. The standard InChI is InChI=1S/C17H17N3O3S/c21-15(9-5-11-24-12-13-6-2-1-3-7-13)18-17-20-19-16(23-17)14-8-4-10-22-14/h1-4,6-8,10H,5,9,11-12H2,(H,18,20,21). The highest BCUT2D eigenvalue weighted by molar-refractivity contribution is 7.98. The Balaban J connectivity index is 1.35. The van der Waals surface area contributed by atoms with E-state index in [0.717, 1.165) is 17.9 Å². The molecular formula is C17H17N3O3S. The minimum Gasteiger partial charge on any atom is -0.459 e. The highest BCUT2D eigenvalue weighted by atomic mass is 32.2. The van der Waals surface area contributed by atoms with Crippen molar-refractivity contribution >= 4 is 23.7 Å². The van der Waals surface area contributed by atoms with Gasteiger partial charge in [0.05, 0.1) is 6.26 Å². The molecule has 0 unspecified atom stereocenters. The Kier molecular flexibility index (Phi) is 5.68. The number of anilines is 1. The molecule has 1 aromatic carbocycles. The van der Waals surface area contributed by atoms with Gasteiger partial charge in [-0.1, -0.05) is 35.4 Å². The number of thioether (sulfide) groups is 1. The molecule has 0 aliphatic heterocycles. The minimum absolute atomic E-state index is 0.0864. The number of hydrogen-bond acceptors (Lipinski definition) is 6. The van der Waals surface area contributed by atoms with Crippen LogP contribution in [0.15, 0.2) is 57.6 Å². The second kappa shape index (κ2) is 8.35. The van der Waals surface area contributed by atoms with E-state index in [1.54, 1.807) is 12.1 Å². The van der Waals surface area contributed by atoms with Crippen molar-refractivity contribution in [3.05, 3.63) is 54.3 Å². The van der Waals surface area contributed by atoms with E-state index in [4.69, 9.17) is 8.83 Å². The van der Waals surface area contributed by atoms with Gasteiger partial charge in [0.15, 0.2) is 5.76 Å². The third-order valence-electron chi connectivity index (χ3n) is 3.21. The number of furan rings is 1. The van der Waals surface area contributed by atoms with Crippen LogP contribution in [0.25, 0.3) is 11.7 Å². The van der Waals surface area contributed by atoms with E-state index >= 15 is 0 Å². The number of nitrogens with one attached hydrogen (secondary N) is 1. The lowest BCUT2D eigenvalue weighted by molar-refractivity contribution is -0.116. The third-order valence-corrected chi connectivity index (χ3v) is 4.32. The first-order valence-electron chi connectivity index (χ1n) is 7.60. The summed E-state index contributed by atoms with van der Waals surface area (Å²) in [5, 5.41) is 10.2. The molecular weight excluding hydrogens is 326 g/mol. The van der Waals surface area contributed by atoms with Crippen LogP contribution in [0.1, 0.15) is 18.4 Å². The van der Waals surface area contributed by atoms with Crippen LogP contribution in [0.4, 0.5) is 6.01 Å². The van der Waals surface area contributed by atoms with Gasteiger partial charge < -0.3 is 8.83 Å². The van der Waals surface area contributed by atoms with Gasteiger partial charge in [0.1, 0.15) is 0 Å². The number of carbonyl (C=O) groups excluding carboxylic acids is 1. The van der Waals surface area contributed by atoms with Crippen LogP contribution < -0.4 is 5.32 Å². The van der Waals surface area contributed by atoms with Gasteiger partial charge in [-0.05, 0) is 29.9 Å². The fraction of sp³-hybridized carbons (Fsp3) is 0.235. The lowest BCUT2D eigenvalue weighted by Gasteiger charge is -2.02. The van der Waals surface area contributed by atoms with Crippen LogP contribution in [0.5, 0.6) is 0 Å². The quantitative estimate of drug-likeness (QED) is 0.623. The number of amides is 1. The molecule has 2 heterocycles. The number of rotatable bonds is 8. The van der Waals surface area contributed by atoms with Crippen LogP contribution in [0, 0.1) is 0 Å². The summed E-state index contributed by atoms with van der Waals surface area (Å²) in [6, 6.07) is 13.8. The summed E-state index contributed by atoms with van der Waals surface area (Å²) in [5.74, 6) is 2.46. The first-order valence-corrected chi connectivity index (χ1v) is 8.75. The van der Waals surface area contributed by atoms with Gasteiger partial charge in [-0.3, -0.25) is 10.1 Å². The molecule has 0 saturated carbocycles. The van der Waals surface area contributed by atoms with Gasteiger partial charge in [0.25, 0.3) is 5.89 Å². The second-order valence-corrected chi connectivity index (χ2v) is 6.18. The van der Waals surface area contributed by atoms with E-state index < -0.39 is 0 Å². The molecule has 0 bridgehead atoms. The van der Waals surface area contributed by atoms with Gasteiger partial charge in [0.2, 0.25) is 5.91 Å². The number of hydrogen-bond donors (Lipinski definition) is 1. The first kappa shape index (κ1) is 16.3. The highest BCUT2D eigenvalue weighted by Crippen LogP contribution is 2.20. The number of aromatic nitrogens is 2. The zero-order valence-electron chi connectivity index (χ0n) is 13.0. The van der Waals surface area contributed by atoms with E-state index in [1.165, 1.54) is 11.8 Å². The number of benzene rings is 1. The Morgan fingerprint density at radius 2 is 2.00 bits per heavy atom. The van der Waals surface area contributed by atoms with Crippen molar-refractivity contribution in [2.45, 2.75) is 18.6 Å². The average molecular weight is 343 g/mol. The van der Waals surface area contributed by atoms with Crippen molar-refractivity contribution in [3.63, 3.8) is 0 Å². The fourth-order valence-electron chi connectivity index (χ4n) is 2.05. The van der Waals surface area contributed by atoms with Crippen LogP contribution in [0.2, 0.25) is 0 Å². The summed E-state index contributed by atoms with van der Waals surface area (Å²) in [6.07, 6.45) is 2.73. The summed E-state index contributed by atoms with van der Waals surface area (Å²) in [7, 11) is 0. The molecule has 0 radical (unpaired) electrons. The molecule has 3 rings (SSSR count). The largest absolute Gasteiger partial charge is 0.459 e. The Bertz CT molecular complexity index is 757. The topological polar surface area (TPSA) is 81.2 Å². The van der Waals surface area contributed by atoms with Crippen molar-refractivity contribution in [1.29, 1.82) is 0 Å². The lowest BCUT2D eigenvalue weighted by atomic mass is 10.2. The minimum atomic E-state index is -0.134. The van der Waals surface area contributed by atoms with Crippen LogP contribution >= 0.6 is 11.8 Å². The Labute approximate surface area is 143 Å². The highest BCUT2D eigenvalue weighted by Gasteiger charge is 2.12. The molecule has 0 spiro atoms. The molecule has 124 valence electrons. The molecule has 0 atom stereocenters. The van der Waals surface area contributed by atoms with Crippen molar-refractivity contribution in [2.75, 3.05) is 11.1 Å². The van der Waals surface area contributed by atoms with Crippen molar-refractivity contribution in [1.82, 2.24) is 10.2 Å². The van der Waals surface area contributed by atoms with E-state index in [0.29, 0.717) is 12.2 Å². The van der Waals surface area contributed by atoms with Gasteiger partial charge in [-0.25, -0.2) is 0 Å². The van der Waals surface area contributed by atoms with Gasteiger partial charge >= 0.3 is 6.01 Å². The lowest BCUT2D eigenvalue weighted by Crippen LogP contribution is -2.11. The Morgan fingerprint density at radius 1 is 1.12 bits per heavy atom. The molecule has 3 aromatic rings.